The molecule has 0 N–H and O–H groups in total. The lowest BCUT2D eigenvalue weighted by Crippen LogP contribution is -2.46. The van der Waals surface area contributed by atoms with E-state index in [9.17, 15) is 9.59 Å². The standard InChI is InChI=1S/C21H36N2O6Si/c1-13(2)18(16-11-17(26-6)22-28-16)19(24)23-12-14(10-15(23)20(25)27-7)29-30(8,9)21(3,4)5/h11,13-15,18H,10,12H2,1-9H3/t14?,15-,18?/m0/s1. The molecule has 0 aromatic carbocycles. The third kappa shape index (κ3) is 5.05. The minimum atomic E-state index is -2.06. The van der Waals surface area contributed by atoms with E-state index >= 15 is 0 Å². The number of hydrogen-bond acceptors (Lipinski definition) is 7. The summed E-state index contributed by atoms with van der Waals surface area (Å²) in [7, 11) is 0.773. The van der Waals surface area contributed by atoms with Crippen molar-refractivity contribution in [3.05, 3.63) is 11.8 Å². The Morgan fingerprint density at radius 2 is 1.90 bits per heavy atom. The van der Waals surface area contributed by atoms with Gasteiger partial charge in [-0.05, 0) is 29.2 Å². The fraction of sp³-hybridized carbons (Fsp3) is 0.762. The summed E-state index contributed by atoms with van der Waals surface area (Å²) in [6.07, 6.45) is 0.214. The zero-order valence-corrected chi connectivity index (χ0v) is 20.6. The molecule has 2 unspecified atom stereocenters. The van der Waals surface area contributed by atoms with Gasteiger partial charge in [0.15, 0.2) is 14.1 Å². The number of amides is 1. The zero-order chi connectivity index (χ0) is 22.9. The predicted octanol–water partition coefficient (Wildman–Crippen LogP) is 3.59. The third-order valence-corrected chi connectivity index (χ3v) is 10.8. The average Bonchev–Trinajstić information content (AvgIpc) is 3.26. The molecule has 8 nitrogen and oxygen atoms in total. The first-order valence-electron chi connectivity index (χ1n) is 10.4. The van der Waals surface area contributed by atoms with Crippen LogP contribution in [0.15, 0.2) is 10.6 Å². The lowest BCUT2D eigenvalue weighted by atomic mass is 9.91. The predicted molar refractivity (Wildman–Crippen MR) is 115 cm³/mol. The van der Waals surface area contributed by atoms with Crippen molar-refractivity contribution in [3.8, 4) is 5.88 Å². The van der Waals surface area contributed by atoms with Crippen LogP contribution in [0, 0.1) is 5.92 Å². The van der Waals surface area contributed by atoms with Gasteiger partial charge in [0.05, 0.1) is 20.3 Å². The normalized spacial score (nSPS) is 21.1. The van der Waals surface area contributed by atoms with E-state index in [0.29, 0.717) is 24.6 Å². The Morgan fingerprint density at radius 3 is 2.37 bits per heavy atom. The second-order valence-corrected chi connectivity index (χ2v) is 14.5. The second kappa shape index (κ2) is 9.09. The molecule has 3 atom stereocenters. The maximum Gasteiger partial charge on any atom is 0.328 e. The van der Waals surface area contributed by atoms with Gasteiger partial charge in [-0.25, -0.2) is 4.79 Å². The van der Waals surface area contributed by atoms with Gasteiger partial charge in [-0.2, -0.15) is 0 Å². The number of rotatable bonds is 7. The van der Waals surface area contributed by atoms with Crippen LogP contribution in [0.4, 0.5) is 0 Å². The Kier molecular flexibility index (Phi) is 7.39. The largest absolute Gasteiger partial charge is 0.479 e. The van der Waals surface area contributed by atoms with Gasteiger partial charge in [0, 0.05) is 19.0 Å². The van der Waals surface area contributed by atoms with Gasteiger partial charge < -0.3 is 23.3 Å². The molecule has 9 heteroatoms. The van der Waals surface area contributed by atoms with Crippen molar-refractivity contribution in [3.63, 3.8) is 0 Å². The van der Waals surface area contributed by atoms with Gasteiger partial charge in [-0.1, -0.05) is 34.6 Å². The molecule has 1 saturated heterocycles. The molecule has 1 aromatic heterocycles. The number of carbonyl (C=O) groups excluding carboxylic acids is 2. The minimum absolute atomic E-state index is 0.0298. The summed E-state index contributed by atoms with van der Waals surface area (Å²) in [6.45, 7) is 15.1. The van der Waals surface area contributed by atoms with E-state index < -0.39 is 26.2 Å². The molecule has 2 heterocycles. The Morgan fingerprint density at radius 1 is 1.27 bits per heavy atom. The number of esters is 1. The summed E-state index contributed by atoms with van der Waals surface area (Å²) in [5.74, 6) is -0.533. The number of nitrogens with zero attached hydrogens (tertiary/aromatic N) is 2. The van der Waals surface area contributed by atoms with Gasteiger partial charge in [0.1, 0.15) is 12.0 Å². The first-order valence-corrected chi connectivity index (χ1v) is 13.3. The SMILES string of the molecule is COC(=O)[C@@H]1CC(O[Si](C)(C)C(C)(C)C)CN1C(=O)C(c1cc(OC)no1)C(C)C. The van der Waals surface area contributed by atoms with Crippen molar-refractivity contribution in [2.24, 2.45) is 5.92 Å². The highest BCUT2D eigenvalue weighted by Gasteiger charge is 2.47. The molecule has 30 heavy (non-hydrogen) atoms. The van der Waals surface area contributed by atoms with E-state index in [1.54, 1.807) is 11.0 Å². The van der Waals surface area contributed by atoms with Gasteiger partial charge in [0.25, 0.3) is 5.88 Å². The minimum Gasteiger partial charge on any atom is -0.479 e. The summed E-state index contributed by atoms with van der Waals surface area (Å²) in [5, 5.41) is 3.86. The first kappa shape index (κ1) is 24.4. The van der Waals surface area contributed by atoms with Crippen LogP contribution >= 0.6 is 0 Å². The van der Waals surface area contributed by atoms with Crippen LogP contribution in [0.5, 0.6) is 5.88 Å². The van der Waals surface area contributed by atoms with Gasteiger partial charge >= 0.3 is 5.97 Å². The molecule has 1 amide bonds. The molecular weight excluding hydrogens is 404 g/mol. The topological polar surface area (TPSA) is 91.1 Å². The lowest BCUT2D eigenvalue weighted by molar-refractivity contribution is -0.152. The molecule has 0 aliphatic carbocycles. The van der Waals surface area contributed by atoms with Crippen molar-refractivity contribution in [1.82, 2.24) is 10.1 Å². The second-order valence-electron chi connectivity index (χ2n) is 9.76. The number of likely N-dealkylation sites (tertiary alicyclic amines) is 1. The average molecular weight is 441 g/mol. The number of ether oxygens (including phenoxy) is 2. The van der Waals surface area contributed by atoms with Gasteiger partial charge in [-0.15, -0.1) is 0 Å². The number of methoxy groups -OCH3 is 2. The van der Waals surface area contributed by atoms with Crippen molar-refractivity contribution < 1.29 is 28.0 Å². The fourth-order valence-corrected chi connectivity index (χ4v) is 4.87. The van der Waals surface area contributed by atoms with E-state index in [2.05, 4.69) is 39.0 Å². The van der Waals surface area contributed by atoms with Crippen molar-refractivity contribution in [1.29, 1.82) is 0 Å². The van der Waals surface area contributed by atoms with Crippen LogP contribution < -0.4 is 4.74 Å². The van der Waals surface area contributed by atoms with Crippen LogP contribution in [0.2, 0.25) is 18.1 Å². The van der Waals surface area contributed by atoms with Crippen LogP contribution in [-0.4, -0.2) is 63.2 Å². The number of hydrogen-bond donors (Lipinski definition) is 0. The molecular formula is C21H36N2O6Si. The molecule has 1 aliphatic rings. The summed E-state index contributed by atoms with van der Waals surface area (Å²) in [4.78, 5) is 27.7. The maximum atomic E-state index is 13.6. The van der Waals surface area contributed by atoms with Crippen molar-refractivity contribution in [2.75, 3.05) is 20.8 Å². The summed E-state index contributed by atoms with van der Waals surface area (Å²) < 4.78 is 22.0. The Bertz CT molecular complexity index is 755. The smallest absolute Gasteiger partial charge is 0.328 e. The quantitative estimate of drug-likeness (QED) is 0.473. The van der Waals surface area contributed by atoms with Gasteiger partial charge in [-0.3, -0.25) is 4.79 Å². The van der Waals surface area contributed by atoms with Gasteiger partial charge in [0.2, 0.25) is 5.91 Å². The summed E-state index contributed by atoms with van der Waals surface area (Å²) in [6, 6.07) is 0.943. The Balaban J connectivity index is 2.30. The lowest BCUT2D eigenvalue weighted by Gasteiger charge is -2.38. The third-order valence-electron chi connectivity index (χ3n) is 6.24. The summed E-state index contributed by atoms with van der Waals surface area (Å²) in [5.41, 5.74) is 0. The highest BCUT2D eigenvalue weighted by molar-refractivity contribution is 6.74. The zero-order valence-electron chi connectivity index (χ0n) is 19.6. The Hall–Kier alpha value is -1.87. The Labute approximate surface area is 180 Å². The highest BCUT2D eigenvalue weighted by Crippen LogP contribution is 2.40. The van der Waals surface area contributed by atoms with E-state index in [4.69, 9.17) is 18.4 Å². The molecule has 1 aromatic rings. The van der Waals surface area contributed by atoms with Crippen LogP contribution in [0.25, 0.3) is 0 Å². The van der Waals surface area contributed by atoms with Crippen LogP contribution in [-0.2, 0) is 18.8 Å². The fourth-order valence-electron chi connectivity index (χ4n) is 3.51. The monoisotopic (exact) mass is 440 g/mol. The van der Waals surface area contributed by atoms with E-state index in [1.165, 1.54) is 14.2 Å². The first-order chi connectivity index (χ1) is 13.8. The molecule has 0 radical (unpaired) electrons. The molecule has 2 rings (SSSR count). The molecule has 1 fully saturated rings. The molecule has 0 bridgehead atoms. The summed E-state index contributed by atoms with van der Waals surface area (Å²) >= 11 is 0. The highest BCUT2D eigenvalue weighted by atomic mass is 28.4. The molecule has 0 saturated carbocycles. The van der Waals surface area contributed by atoms with E-state index in [0.717, 1.165) is 0 Å². The molecule has 1 aliphatic heterocycles. The number of aromatic nitrogens is 1. The van der Waals surface area contributed by atoms with Crippen molar-refractivity contribution >= 4 is 20.2 Å². The maximum absolute atomic E-state index is 13.6. The van der Waals surface area contributed by atoms with E-state index in [-0.39, 0.29) is 23.0 Å². The molecule has 0 spiro atoms. The van der Waals surface area contributed by atoms with Crippen molar-refractivity contribution in [2.45, 2.75) is 77.2 Å². The van der Waals surface area contributed by atoms with Crippen LogP contribution in [0.3, 0.4) is 0 Å². The van der Waals surface area contributed by atoms with E-state index in [1.807, 2.05) is 13.8 Å². The number of carbonyl (C=O) groups is 2. The molecule has 170 valence electrons. The van der Waals surface area contributed by atoms with Crippen LogP contribution in [0.1, 0.15) is 52.7 Å².